The van der Waals surface area contributed by atoms with Crippen molar-refractivity contribution >= 4 is 5.96 Å². The number of aryl methyl sites for hydroxylation is 1. The van der Waals surface area contributed by atoms with E-state index in [-0.39, 0.29) is 6.54 Å². The highest BCUT2D eigenvalue weighted by molar-refractivity contribution is 5.79. The Kier molecular flexibility index (Phi) is 7.34. The first-order valence-electron chi connectivity index (χ1n) is 7.81. The molecule has 1 atom stereocenters. The van der Waals surface area contributed by atoms with Crippen LogP contribution in [0.4, 0.5) is 0 Å². The Balaban J connectivity index is 2.60. The zero-order valence-corrected chi connectivity index (χ0v) is 14.4. The Labute approximate surface area is 133 Å². The van der Waals surface area contributed by atoms with E-state index in [9.17, 15) is 5.11 Å². The highest BCUT2D eigenvalue weighted by Crippen LogP contribution is 2.19. The van der Waals surface area contributed by atoms with Crippen LogP contribution in [0.2, 0.25) is 0 Å². The van der Waals surface area contributed by atoms with Gasteiger partial charge in [-0.3, -0.25) is 4.68 Å². The summed E-state index contributed by atoms with van der Waals surface area (Å²) in [6, 6.07) is 0. The molecule has 0 radical (unpaired) electrons. The molecule has 1 unspecified atom stereocenters. The fraction of sp³-hybridized carbons (Fsp3) is 0.733. The Morgan fingerprint density at radius 1 is 1.45 bits per heavy atom. The third kappa shape index (κ3) is 6.03. The van der Waals surface area contributed by atoms with Crippen LogP contribution in [0.25, 0.3) is 0 Å². The van der Waals surface area contributed by atoms with Crippen LogP contribution in [0.1, 0.15) is 26.3 Å². The quantitative estimate of drug-likeness (QED) is 0.470. The first kappa shape index (κ1) is 18.4. The summed E-state index contributed by atoms with van der Waals surface area (Å²) in [5, 5.41) is 21.1. The van der Waals surface area contributed by atoms with Gasteiger partial charge in [-0.1, -0.05) is 6.92 Å². The molecule has 1 rings (SSSR count). The zero-order chi connectivity index (χ0) is 16.6. The van der Waals surface area contributed by atoms with Gasteiger partial charge < -0.3 is 20.6 Å². The van der Waals surface area contributed by atoms with Gasteiger partial charge >= 0.3 is 0 Å². The molecule has 0 aliphatic rings. The van der Waals surface area contributed by atoms with Gasteiger partial charge in [0.25, 0.3) is 0 Å². The fourth-order valence-corrected chi connectivity index (χ4v) is 1.89. The summed E-state index contributed by atoms with van der Waals surface area (Å²) < 4.78 is 1.68. The molecule has 0 aromatic carbocycles. The SMILES string of the molecule is CCNC(=NCC(C)(O)c1cnn(C)c1)NCCN(C)CC. The maximum atomic E-state index is 10.5. The molecule has 1 heterocycles. The van der Waals surface area contributed by atoms with Gasteiger partial charge in [0.2, 0.25) is 0 Å². The third-order valence-electron chi connectivity index (χ3n) is 3.54. The molecular formula is C15H30N6O. The molecule has 0 saturated heterocycles. The number of hydrogen-bond acceptors (Lipinski definition) is 4. The number of aromatic nitrogens is 2. The molecule has 1 aromatic heterocycles. The van der Waals surface area contributed by atoms with Gasteiger partial charge in [-0.15, -0.1) is 0 Å². The summed E-state index contributed by atoms with van der Waals surface area (Å²) in [4.78, 5) is 6.71. The summed E-state index contributed by atoms with van der Waals surface area (Å²) in [6.07, 6.45) is 3.48. The number of hydrogen-bond donors (Lipinski definition) is 3. The van der Waals surface area contributed by atoms with Crippen LogP contribution in [-0.4, -0.2) is 65.5 Å². The van der Waals surface area contributed by atoms with Crippen LogP contribution in [0.5, 0.6) is 0 Å². The van der Waals surface area contributed by atoms with Crippen LogP contribution in [0.15, 0.2) is 17.4 Å². The fourth-order valence-electron chi connectivity index (χ4n) is 1.89. The van der Waals surface area contributed by atoms with E-state index in [1.54, 1.807) is 17.8 Å². The van der Waals surface area contributed by atoms with Gasteiger partial charge in [0.1, 0.15) is 5.60 Å². The molecular weight excluding hydrogens is 280 g/mol. The number of likely N-dealkylation sites (N-methyl/N-ethyl adjacent to an activating group) is 1. The summed E-state index contributed by atoms with van der Waals surface area (Å²) in [7, 11) is 3.91. The van der Waals surface area contributed by atoms with Crippen molar-refractivity contribution < 1.29 is 5.11 Å². The monoisotopic (exact) mass is 310 g/mol. The zero-order valence-electron chi connectivity index (χ0n) is 14.4. The van der Waals surface area contributed by atoms with Crippen molar-refractivity contribution in [2.45, 2.75) is 26.4 Å². The molecule has 0 bridgehead atoms. The number of aliphatic hydroxyl groups is 1. The number of aliphatic imine (C=N–C) groups is 1. The average molecular weight is 310 g/mol. The molecule has 126 valence electrons. The first-order valence-corrected chi connectivity index (χ1v) is 7.81. The smallest absolute Gasteiger partial charge is 0.191 e. The Morgan fingerprint density at radius 2 is 2.18 bits per heavy atom. The number of guanidine groups is 1. The average Bonchev–Trinajstić information content (AvgIpc) is 2.92. The van der Waals surface area contributed by atoms with Gasteiger partial charge in [0.15, 0.2) is 5.96 Å². The van der Waals surface area contributed by atoms with Crippen LogP contribution in [0.3, 0.4) is 0 Å². The normalized spacial score (nSPS) is 15.0. The second-order valence-electron chi connectivity index (χ2n) is 5.69. The maximum absolute atomic E-state index is 10.5. The second-order valence-corrected chi connectivity index (χ2v) is 5.69. The van der Waals surface area contributed by atoms with Crippen LogP contribution in [0, 0.1) is 0 Å². The molecule has 0 fully saturated rings. The molecule has 7 heteroatoms. The van der Waals surface area contributed by atoms with E-state index in [2.05, 4.69) is 39.6 Å². The van der Waals surface area contributed by atoms with Crippen molar-refractivity contribution in [1.29, 1.82) is 0 Å². The van der Waals surface area contributed by atoms with Gasteiger partial charge in [0.05, 0.1) is 12.7 Å². The van der Waals surface area contributed by atoms with E-state index in [4.69, 9.17) is 0 Å². The molecule has 0 aliphatic carbocycles. The molecule has 0 aliphatic heterocycles. The highest BCUT2D eigenvalue weighted by atomic mass is 16.3. The lowest BCUT2D eigenvalue weighted by Gasteiger charge is -2.21. The lowest BCUT2D eigenvalue weighted by Crippen LogP contribution is -2.41. The van der Waals surface area contributed by atoms with E-state index < -0.39 is 5.60 Å². The lowest BCUT2D eigenvalue weighted by atomic mass is 10.0. The molecule has 0 amide bonds. The van der Waals surface area contributed by atoms with Crippen molar-refractivity contribution in [2.24, 2.45) is 12.0 Å². The predicted octanol–water partition coefficient (Wildman–Crippen LogP) is 0.134. The number of rotatable bonds is 8. The summed E-state index contributed by atoms with van der Waals surface area (Å²) in [5.74, 6) is 0.719. The Morgan fingerprint density at radius 3 is 2.73 bits per heavy atom. The topological polar surface area (TPSA) is 77.7 Å². The number of nitrogens with zero attached hydrogens (tertiary/aromatic N) is 4. The van der Waals surface area contributed by atoms with Gasteiger partial charge in [-0.2, -0.15) is 5.10 Å². The highest BCUT2D eigenvalue weighted by Gasteiger charge is 2.24. The predicted molar refractivity (Wildman–Crippen MR) is 89.9 cm³/mol. The van der Waals surface area contributed by atoms with Crippen molar-refractivity contribution in [1.82, 2.24) is 25.3 Å². The van der Waals surface area contributed by atoms with E-state index in [1.807, 2.05) is 20.2 Å². The summed E-state index contributed by atoms with van der Waals surface area (Å²) >= 11 is 0. The second kappa shape index (κ2) is 8.75. The minimum absolute atomic E-state index is 0.275. The molecule has 0 saturated carbocycles. The summed E-state index contributed by atoms with van der Waals surface area (Å²) in [5.41, 5.74) is -0.267. The maximum Gasteiger partial charge on any atom is 0.191 e. The van der Waals surface area contributed by atoms with Crippen LogP contribution in [-0.2, 0) is 12.6 Å². The molecule has 0 spiro atoms. The van der Waals surface area contributed by atoms with E-state index in [1.165, 1.54) is 0 Å². The van der Waals surface area contributed by atoms with Crippen molar-refractivity contribution in [3.05, 3.63) is 18.0 Å². The molecule has 1 aromatic rings. The molecule has 7 nitrogen and oxygen atoms in total. The van der Waals surface area contributed by atoms with Crippen molar-refractivity contribution in [3.63, 3.8) is 0 Å². The van der Waals surface area contributed by atoms with Crippen molar-refractivity contribution in [3.8, 4) is 0 Å². The first-order chi connectivity index (χ1) is 10.4. The van der Waals surface area contributed by atoms with Gasteiger partial charge in [0, 0.05) is 38.4 Å². The molecule has 22 heavy (non-hydrogen) atoms. The molecule has 3 N–H and O–H groups in total. The van der Waals surface area contributed by atoms with Crippen LogP contribution < -0.4 is 10.6 Å². The van der Waals surface area contributed by atoms with Crippen molar-refractivity contribution in [2.75, 3.05) is 39.8 Å². The third-order valence-corrected chi connectivity index (χ3v) is 3.54. The lowest BCUT2D eigenvalue weighted by molar-refractivity contribution is 0.0672. The number of nitrogens with one attached hydrogen (secondary N) is 2. The standard InChI is InChI=1S/C15H30N6O/c1-6-16-14(17-8-9-20(4)7-2)18-12-15(3,22)13-10-19-21(5)11-13/h10-11,22H,6-9,12H2,1-5H3,(H2,16,17,18). The van der Waals surface area contributed by atoms with Gasteiger partial charge in [-0.25, -0.2) is 4.99 Å². The van der Waals surface area contributed by atoms with E-state index in [0.717, 1.165) is 37.7 Å². The minimum atomic E-state index is -1.03. The largest absolute Gasteiger partial charge is 0.383 e. The Hall–Kier alpha value is -1.60. The van der Waals surface area contributed by atoms with E-state index in [0.29, 0.717) is 0 Å². The van der Waals surface area contributed by atoms with E-state index >= 15 is 0 Å². The minimum Gasteiger partial charge on any atom is -0.383 e. The Bertz CT molecular complexity index is 468. The summed E-state index contributed by atoms with van der Waals surface area (Å²) in [6.45, 7) is 9.74. The van der Waals surface area contributed by atoms with Gasteiger partial charge in [-0.05, 0) is 27.4 Å². The van der Waals surface area contributed by atoms with Crippen LogP contribution >= 0.6 is 0 Å².